The number of carbonyl (C=O) groups is 2. The van der Waals surface area contributed by atoms with Crippen LogP contribution in [0.1, 0.15) is 59.1 Å². The summed E-state index contributed by atoms with van der Waals surface area (Å²) >= 11 is 0. The highest BCUT2D eigenvalue weighted by molar-refractivity contribution is 6.10. The molecule has 0 saturated heterocycles. The number of carbonyl (C=O) groups excluding carboxylic acids is 1. The lowest BCUT2D eigenvalue weighted by atomic mass is 10.1. The number of carboxylic acids is 1. The predicted molar refractivity (Wildman–Crippen MR) is 97.0 cm³/mol. The SMILES string of the molecule is CCCCCCc1nc(NC(=O)c2ccccc2C(=O)O)cn1CC#N. The molecule has 0 saturated carbocycles. The minimum absolute atomic E-state index is 0.0683. The van der Waals surface area contributed by atoms with Gasteiger partial charge in [-0.05, 0) is 18.6 Å². The number of nitrogens with zero attached hydrogens (tertiary/aromatic N) is 3. The second-order valence-corrected chi connectivity index (χ2v) is 5.94. The summed E-state index contributed by atoms with van der Waals surface area (Å²) in [5.41, 5.74) is 0.000533. The van der Waals surface area contributed by atoms with E-state index in [4.69, 9.17) is 5.26 Å². The summed E-state index contributed by atoms with van der Waals surface area (Å²) in [6, 6.07) is 8.09. The first-order valence-electron chi connectivity index (χ1n) is 8.63. The third-order valence-electron chi connectivity index (χ3n) is 4.00. The van der Waals surface area contributed by atoms with Crippen LogP contribution in [0.25, 0.3) is 0 Å². The number of aromatic carboxylic acids is 1. The third-order valence-corrected chi connectivity index (χ3v) is 4.00. The summed E-state index contributed by atoms with van der Waals surface area (Å²) in [6.45, 7) is 2.29. The van der Waals surface area contributed by atoms with Gasteiger partial charge in [0.05, 0.1) is 17.2 Å². The molecule has 0 atom stereocenters. The maximum Gasteiger partial charge on any atom is 0.336 e. The molecule has 2 aromatic rings. The molecule has 2 N–H and O–H groups in total. The Kier molecular flexibility index (Phi) is 6.92. The minimum atomic E-state index is -1.16. The van der Waals surface area contributed by atoms with Crippen LogP contribution < -0.4 is 5.32 Å². The first-order valence-corrected chi connectivity index (χ1v) is 8.63. The number of aryl methyl sites for hydroxylation is 1. The van der Waals surface area contributed by atoms with Gasteiger partial charge in [-0.1, -0.05) is 38.3 Å². The highest BCUT2D eigenvalue weighted by atomic mass is 16.4. The molecule has 2 rings (SSSR count). The van der Waals surface area contributed by atoms with E-state index in [1.165, 1.54) is 12.1 Å². The Morgan fingerprint density at radius 3 is 2.62 bits per heavy atom. The molecular weight excluding hydrogens is 332 g/mol. The highest BCUT2D eigenvalue weighted by Crippen LogP contribution is 2.15. The monoisotopic (exact) mass is 354 g/mol. The molecule has 7 nitrogen and oxygen atoms in total. The highest BCUT2D eigenvalue weighted by Gasteiger charge is 2.17. The number of carboxylic acid groups (broad SMARTS) is 1. The van der Waals surface area contributed by atoms with E-state index in [-0.39, 0.29) is 17.7 Å². The van der Waals surface area contributed by atoms with Gasteiger partial charge in [-0.2, -0.15) is 5.26 Å². The van der Waals surface area contributed by atoms with E-state index in [2.05, 4.69) is 23.3 Å². The van der Waals surface area contributed by atoms with Gasteiger partial charge in [0.15, 0.2) is 5.82 Å². The fraction of sp³-hybridized carbons (Fsp3) is 0.368. The van der Waals surface area contributed by atoms with E-state index in [1.807, 2.05) is 0 Å². The van der Waals surface area contributed by atoms with Crippen LogP contribution in [0, 0.1) is 11.3 Å². The molecular formula is C19H22N4O3. The standard InChI is InChI=1S/C19H22N4O3/c1-2-3-4-5-10-17-21-16(13-23(17)12-11-20)22-18(24)14-8-6-7-9-15(14)19(25)26/h6-9,13H,2-5,10,12H2,1H3,(H,22,24)(H,25,26). The zero-order valence-electron chi connectivity index (χ0n) is 14.7. The summed E-state index contributed by atoms with van der Waals surface area (Å²) in [7, 11) is 0. The van der Waals surface area contributed by atoms with Crippen LogP contribution in [-0.4, -0.2) is 26.5 Å². The quantitative estimate of drug-likeness (QED) is 0.670. The third kappa shape index (κ3) is 4.93. The van der Waals surface area contributed by atoms with Crippen LogP contribution in [0.3, 0.4) is 0 Å². The average Bonchev–Trinajstić information content (AvgIpc) is 3.00. The summed E-state index contributed by atoms with van der Waals surface area (Å²) in [4.78, 5) is 28.1. The zero-order chi connectivity index (χ0) is 18.9. The number of aromatic nitrogens is 2. The van der Waals surface area contributed by atoms with Crippen LogP contribution >= 0.6 is 0 Å². The number of nitriles is 1. The topological polar surface area (TPSA) is 108 Å². The Morgan fingerprint density at radius 2 is 1.96 bits per heavy atom. The van der Waals surface area contributed by atoms with Gasteiger partial charge in [-0.25, -0.2) is 9.78 Å². The fourth-order valence-electron chi connectivity index (χ4n) is 2.69. The number of hydrogen-bond donors (Lipinski definition) is 2. The van der Waals surface area contributed by atoms with Crippen LogP contribution in [-0.2, 0) is 13.0 Å². The van der Waals surface area contributed by atoms with Crippen molar-refractivity contribution >= 4 is 17.7 Å². The summed E-state index contributed by atoms with van der Waals surface area (Å²) in [5, 5.41) is 20.8. The average molecular weight is 354 g/mol. The van der Waals surface area contributed by atoms with Gasteiger partial charge in [0.25, 0.3) is 5.91 Å². The molecule has 1 heterocycles. The maximum atomic E-state index is 12.4. The molecule has 1 amide bonds. The van der Waals surface area contributed by atoms with Gasteiger partial charge >= 0.3 is 5.97 Å². The molecule has 0 aliphatic heterocycles. The van der Waals surface area contributed by atoms with Crippen molar-refractivity contribution in [3.63, 3.8) is 0 Å². The smallest absolute Gasteiger partial charge is 0.336 e. The van der Waals surface area contributed by atoms with Gasteiger partial charge in [0.1, 0.15) is 12.4 Å². The Labute approximate surface area is 152 Å². The van der Waals surface area contributed by atoms with E-state index in [1.54, 1.807) is 22.9 Å². The predicted octanol–water partition coefficient (Wildman–Crippen LogP) is 3.48. The Morgan fingerprint density at radius 1 is 1.23 bits per heavy atom. The zero-order valence-corrected chi connectivity index (χ0v) is 14.7. The Hall–Kier alpha value is -3.14. The molecule has 0 fully saturated rings. The summed E-state index contributed by atoms with van der Waals surface area (Å²) in [5.74, 6) is -0.648. The summed E-state index contributed by atoms with van der Waals surface area (Å²) < 4.78 is 1.71. The normalized spacial score (nSPS) is 10.3. The van der Waals surface area contributed by atoms with Crippen molar-refractivity contribution in [3.8, 4) is 6.07 Å². The molecule has 0 aliphatic carbocycles. The first-order chi connectivity index (χ1) is 12.6. The van der Waals surface area contributed by atoms with Gasteiger partial charge in [0.2, 0.25) is 0 Å². The lowest BCUT2D eigenvalue weighted by Crippen LogP contribution is -2.16. The van der Waals surface area contributed by atoms with E-state index in [0.29, 0.717) is 5.82 Å². The number of imidazole rings is 1. The Bertz CT molecular complexity index is 820. The number of rotatable bonds is 9. The molecule has 1 aromatic heterocycles. The lowest BCUT2D eigenvalue weighted by Gasteiger charge is -2.05. The lowest BCUT2D eigenvalue weighted by molar-refractivity contribution is 0.0692. The van der Waals surface area contributed by atoms with E-state index in [9.17, 15) is 14.7 Å². The van der Waals surface area contributed by atoms with E-state index < -0.39 is 11.9 Å². The molecule has 136 valence electrons. The molecule has 26 heavy (non-hydrogen) atoms. The number of benzene rings is 1. The van der Waals surface area contributed by atoms with E-state index >= 15 is 0 Å². The van der Waals surface area contributed by atoms with Crippen molar-refractivity contribution in [1.82, 2.24) is 9.55 Å². The second-order valence-electron chi connectivity index (χ2n) is 5.94. The molecule has 7 heteroatoms. The van der Waals surface area contributed by atoms with Gasteiger partial charge < -0.3 is 15.0 Å². The van der Waals surface area contributed by atoms with Crippen LogP contribution in [0.4, 0.5) is 5.82 Å². The van der Waals surface area contributed by atoms with Gasteiger partial charge in [0, 0.05) is 12.6 Å². The van der Waals surface area contributed by atoms with Crippen LogP contribution in [0.2, 0.25) is 0 Å². The van der Waals surface area contributed by atoms with Gasteiger partial charge in [-0.3, -0.25) is 4.79 Å². The molecule has 0 radical (unpaired) electrons. The van der Waals surface area contributed by atoms with Crippen LogP contribution in [0.5, 0.6) is 0 Å². The van der Waals surface area contributed by atoms with E-state index in [0.717, 1.165) is 37.9 Å². The number of unbranched alkanes of at least 4 members (excludes halogenated alkanes) is 3. The number of nitrogens with one attached hydrogen (secondary N) is 1. The second kappa shape index (κ2) is 9.37. The molecule has 0 aliphatic rings. The minimum Gasteiger partial charge on any atom is -0.478 e. The molecule has 0 spiro atoms. The number of anilines is 1. The number of hydrogen-bond acceptors (Lipinski definition) is 4. The van der Waals surface area contributed by atoms with Crippen molar-refractivity contribution in [2.24, 2.45) is 0 Å². The molecule has 1 aromatic carbocycles. The van der Waals surface area contributed by atoms with Crippen molar-refractivity contribution < 1.29 is 14.7 Å². The van der Waals surface area contributed by atoms with Crippen molar-refractivity contribution in [2.75, 3.05) is 5.32 Å². The largest absolute Gasteiger partial charge is 0.478 e. The summed E-state index contributed by atoms with van der Waals surface area (Å²) in [6.07, 6.45) is 6.67. The molecule has 0 bridgehead atoms. The van der Waals surface area contributed by atoms with Crippen molar-refractivity contribution in [3.05, 3.63) is 47.4 Å². The van der Waals surface area contributed by atoms with Crippen LogP contribution in [0.15, 0.2) is 30.5 Å². The van der Waals surface area contributed by atoms with Crippen molar-refractivity contribution in [1.29, 1.82) is 5.26 Å². The van der Waals surface area contributed by atoms with Crippen molar-refractivity contribution in [2.45, 2.75) is 45.6 Å². The Balaban J connectivity index is 2.15. The fourth-order valence-corrected chi connectivity index (χ4v) is 2.69. The molecule has 0 unspecified atom stereocenters. The first kappa shape index (κ1) is 19.2. The number of amides is 1. The maximum absolute atomic E-state index is 12.4. The van der Waals surface area contributed by atoms with Gasteiger partial charge in [-0.15, -0.1) is 0 Å².